The summed E-state index contributed by atoms with van der Waals surface area (Å²) in [6, 6.07) is 8.05. The predicted molar refractivity (Wildman–Crippen MR) is 77.4 cm³/mol. The van der Waals surface area contributed by atoms with Crippen LogP contribution in [0.2, 0.25) is 0 Å². The van der Waals surface area contributed by atoms with Gasteiger partial charge in [0.1, 0.15) is 0 Å². The fraction of sp³-hybridized carbons (Fsp3) is 0.400. The smallest absolute Gasteiger partial charge is 0.252 e. The Balaban J connectivity index is 2.23. The number of hydrogen-bond donors (Lipinski definition) is 3. The number of aliphatic hydroxyl groups excluding tert-OH is 1. The van der Waals surface area contributed by atoms with Crippen LogP contribution in [0.25, 0.3) is 10.9 Å². The quantitative estimate of drug-likeness (QED) is 0.691. The number of aromatic amines is 1. The van der Waals surface area contributed by atoms with Crippen molar-refractivity contribution in [1.29, 1.82) is 0 Å². The first-order chi connectivity index (χ1) is 9.24. The molecule has 2 aromatic rings. The van der Waals surface area contributed by atoms with Gasteiger partial charge in [-0.25, -0.2) is 0 Å². The number of aliphatic hydroxyl groups is 1. The number of pyridine rings is 1. The van der Waals surface area contributed by atoms with Crippen LogP contribution in [-0.2, 0) is 13.0 Å². The molecule has 19 heavy (non-hydrogen) atoms. The summed E-state index contributed by atoms with van der Waals surface area (Å²) in [6.45, 7) is 3.52. The van der Waals surface area contributed by atoms with Crippen molar-refractivity contribution >= 4 is 10.9 Å². The molecule has 3 N–H and O–H groups in total. The first-order valence-corrected chi connectivity index (χ1v) is 6.71. The summed E-state index contributed by atoms with van der Waals surface area (Å²) in [5.41, 5.74) is 2.83. The van der Waals surface area contributed by atoms with Gasteiger partial charge < -0.3 is 15.4 Å². The van der Waals surface area contributed by atoms with Crippen molar-refractivity contribution in [1.82, 2.24) is 10.3 Å². The third kappa shape index (κ3) is 3.43. The lowest BCUT2D eigenvalue weighted by Gasteiger charge is -2.06. The molecular formula is C15H20N2O2. The van der Waals surface area contributed by atoms with Gasteiger partial charge in [0, 0.05) is 24.2 Å². The Bertz CT molecular complexity index is 605. The van der Waals surface area contributed by atoms with Crippen LogP contribution >= 0.6 is 0 Å². The highest BCUT2D eigenvalue weighted by molar-refractivity contribution is 5.79. The number of H-pyrrole nitrogens is 1. The maximum Gasteiger partial charge on any atom is 0.252 e. The van der Waals surface area contributed by atoms with Gasteiger partial charge in [0.2, 0.25) is 0 Å². The fourth-order valence-corrected chi connectivity index (χ4v) is 2.08. The van der Waals surface area contributed by atoms with Crippen LogP contribution in [0.1, 0.15) is 24.5 Å². The Labute approximate surface area is 112 Å². The minimum atomic E-state index is -0.0479. The van der Waals surface area contributed by atoms with Gasteiger partial charge in [-0.3, -0.25) is 4.79 Å². The molecule has 2 rings (SSSR count). The highest BCUT2D eigenvalue weighted by Crippen LogP contribution is 2.14. The van der Waals surface area contributed by atoms with Crippen molar-refractivity contribution in [3.05, 3.63) is 45.7 Å². The molecule has 0 spiro atoms. The van der Waals surface area contributed by atoms with Gasteiger partial charge in [-0.1, -0.05) is 13.0 Å². The predicted octanol–water partition coefficient (Wildman–Crippen LogP) is 1.56. The number of benzene rings is 1. The average Bonchev–Trinajstić information content (AvgIpc) is 2.43. The lowest BCUT2D eigenvalue weighted by molar-refractivity contribution is 0.286. The molecule has 1 aromatic carbocycles. The van der Waals surface area contributed by atoms with E-state index in [0.717, 1.165) is 22.9 Å². The summed E-state index contributed by atoms with van der Waals surface area (Å²) in [4.78, 5) is 14.8. The summed E-state index contributed by atoms with van der Waals surface area (Å²) in [6.07, 6.45) is 1.69. The lowest BCUT2D eigenvalue weighted by Crippen LogP contribution is -2.22. The molecule has 0 radical (unpaired) electrons. The van der Waals surface area contributed by atoms with Gasteiger partial charge in [-0.15, -0.1) is 0 Å². The zero-order valence-electron chi connectivity index (χ0n) is 11.2. The van der Waals surface area contributed by atoms with Crippen LogP contribution in [0, 0.1) is 0 Å². The van der Waals surface area contributed by atoms with Gasteiger partial charge in [-0.2, -0.15) is 0 Å². The molecule has 0 bridgehead atoms. The van der Waals surface area contributed by atoms with Gasteiger partial charge in [-0.05, 0) is 48.5 Å². The van der Waals surface area contributed by atoms with Gasteiger partial charge >= 0.3 is 0 Å². The summed E-state index contributed by atoms with van der Waals surface area (Å²) in [5, 5.41) is 12.9. The first-order valence-electron chi connectivity index (χ1n) is 6.71. The minimum Gasteiger partial charge on any atom is -0.396 e. The van der Waals surface area contributed by atoms with Crippen molar-refractivity contribution in [2.24, 2.45) is 0 Å². The van der Waals surface area contributed by atoms with E-state index in [1.54, 1.807) is 0 Å². The molecule has 102 valence electrons. The van der Waals surface area contributed by atoms with E-state index in [1.165, 1.54) is 5.56 Å². The number of nitrogens with one attached hydrogen (secondary N) is 2. The van der Waals surface area contributed by atoms with E-state index in [4.69, 9.17) is 5.11 Å². The second-order valence-electron chi connectivity index (χ2n) is 4.65. The molecule has 4 heteroatoms. The van der Waals surface area contributed by atoms with Crippen molar-refractivity contribution in [2.75, 3.05) is 13.2 Å². The molecule has 0 aliphatic carbocycles. The number of rotatable bonds is 6. The van der Waals surface area contributed by atoms with E-state index in [0.29, 0.717) is 19.5 Å². The largest absolute Gasteiger partial charge is 0.396 e. The molecule has 0 aliphatic heterocycles. The Morgan fingerprint density at radius 3 is 2.89 bits per heavy atom. The van der Waals surface area contributed by atoms with Crippen LogP contribution < -0.4 is 10.9 Å². The Morgan fingerprint density at radius 1 is 1.32 bits per heavy atom. The highest BCUT2D eigenvalue weighted by Gasteiger charge is 2.03. The number of hydrogen-bond acceptors (Lipinski definition) is 3. The van der Waals surface area contributed by atoms with Crippen LogP contribution in [0.5, 0.6) is 0 Å². The van der Waals surface area contributed by atoms with Crippen LogP contribution in [0.3, 0.4) is 0 Å². The van der Waals surface area contributed by atoms with Crippen LogP contribution in [0.15, 0.2) is 29.1 Å². The van der Waals surface area contributed by atoms with E-state index in [1.807, 2.05) is 18.2 Å². The van der Waals surface area contributed by atoms with E-state index in [-0.39, 0.29) is 12.2 Å². The van der Waals surface area contributed by atoms with Gasteiger partial charge in [0.15, 0.2) is 0 Å². The molecule has 4 nitrogen and oxygen atoms in total. The van der Waals surface area contributed by atoms with Crippen molar-refractivity contribution in [2.45, 2.75) is 26.3 Å². The number of aryl methyl sites for hydroxylation is 1. The van der Waals surface area contributed by atoms with E-state index < -0.39 is 0 Å². The summed E-state index contributed by atoms with van der Waals surface area (Å²) >= 11 is 0. The Kier molecular flexibility index (Phi) is 4.71. The topological polar surface area (TPSA) is 65.1 Å². The van der Waals surface area contributed by atoms with Crippen molar-refractivity contribution < 1.29 is 5.11 Å². The second-order valence-corrected chi connectivity index (χ2v) is 4.65. The molecular weight excluding hydrogens is 240 g/mol. The van der Waals surface area contributed by atoms with E-state index in [2.05, 4.69) is 23.3 Å². The van der Waals surface area contributed by atoms with Gasteiger partial charge in [0.05, 0.1) is 0 Å². The zero-order valence-corrected chi connectivity index (χ0v) is 11.2. The second kappa shape index (κ2) is 6.50. The highest BCUT2D eigenvalue weighted by atomic mass is 16.3. The molecule has 1 aromatic heterocycles. The lowest BCUT2D eigenvalue weighted by atomic mass is 10.1. The summed E-state index contributed by atoms with van der Waals surface area (Å²) in [5.74, 6) is 0. The Hall–Kier alpha value is -1.65. The minimum absolute atomic E-state index is 0.0479. The SMILES string of the molecule is CCc1ccc2[nH]c(=O)c(CNCCCO)cc2c1. The third-order valence-electron chi connectivity index (χ3n) is 3.22. The molecule has 1 heterocycles. The molecule has 0 fully saturated rings. The monoisotopic (exact) mass is 260 g/mol. The molecule has 0 unspecified atom stereocenters. The summed E-state index contributed by atoms with van der Waals surface area (Å²) < 4.78 is 0. The van der Waals surface area contributed by atoms with Crippen LogP contribution in [-0.4, -0.2) is 23.2 Å². The van der Waals surface area contributed by atoms with Gasteiger partial charge in [0.25, 0.3) is 5.56 Å². The standard InChI is InChI=1S/C15H20N2O2/c1-2-11-4-5-14-12(8-11)9-13(15(19)17-14)10-16-6-3-7-18/h4-5,8-9,16,18H,2-3,6-7,10H2,1H3,(H,17,19). The van der Waals surface area contributed by atoms with E-state index in [9.17, 15) is 4.79 Å². The van der Waals surface area contributed by atoms with E-state index >= 15 is 0 Å². The Morgan fingerprint density at radius 2 is 2.16 bits per heavy atom. The maximum atomic E-state index is 11.9. The number of fused-ring (bicyclic) bond motifs is 1. The molecule has 0 atom stereocenters. The van der Waals surface area contributed by atoms with Crippen molar-refractivity contribution in [3.63, 3.8) is 0 Å². The maximum absolute atomic E-state index is 11.9. The third-order valence-corrected chi connectivity index (χ3v) is 3.22. The molecule has 0 amide bonds. The number of aromatic nitrogens is 1. The molecule has 0 saturated heterocycles. The zero-order chi connectivity index (χ0) is 13.7. The molecule has 0 aliphatic rings. The fourth-order valence-electron chi connectivity index (χ4n) is 2.08. The molecule has 0 saturated carbocycles. The van der Waals surface area contributed by atoms with Crippen molar-refractivity contribution in [3.8, 4) is 0 Å². The van der Waals surface area contributed by atoms with Crippen LogP contribution in [0.4, 0.5) is 0 Å². The summed E-state index contributed by atoms with van der Waals surface area (Å²) in [7, 11) is 0. The first kappa shape index (κ1) is 13.8. The average molecular weight is 260 g/mol. The normalized spacial score (nSPS) is 11.1.